The van der Waals surface area contributed by atoms with E-state index in [9.17, 15) is 24.0 Å². The van der Waals surface area contributed by atoms with E-state index in [2.05, 4.69) is 34.3 Å². The van der Waals surface area contributed by atoms with Crippen LogP contribution in [0.4, 0.5) is 5.69 Å². The maximum absolute atomic E-state index is 13.0. The molecule has 0 spiro atoms. The maximum Gasteiger partial charge on any atom is 0.264 e. The van der Waals surface area contributed by atoms with Gasteiger partial charge in [0.15, 0.2) is 0 Å². The van der Waals surface area contributed by atoms with Gasteiger partial charge in [-0.1, -0.05) is 24.3 Å². The fraction of sp³-hybridized carbons (Fsp3) is 0.375. The number of unbranched alkanes of at least 4 members (excludes halogenated alkanes) is 3. The monoisotopic (exact) mass is 433 g/mol. The Hall–Kier alpha value is -3.91. The number of nitrogens with one attached hydrogen (secondary N) is 2. The number of carbonyl (C=O) groups excluding carboxylic acids is 5. The summed E-state index contributed by atoms with van der Waals surface area (Å²) >= 11 is 0. The summed E-state index contributed by atoms with van der Waals surface area (Å²) in [7, 11) is 0. The molecular formula is C24H23N3O5. The van der Waals surface area contributed by atoms with E-state index in [1.807, 2.05) is 0 Å². The van der Waals surface area contributed by atoms with Crippen LogP contribution in [0.3, 0.4) is 0 Å². The first kappa shape index (κ1) is 22.8. The lowest BCUT2D eigenvalue weighted by Crippen LogP contribution is -2.54. The molecule has 0 saturated carbocycles. The molecule has 2 N–H and O–H groups in total. The Labute approximate surface area is 186 Å². The molecular weight excluding hydrogens is 410 g/mol. The molecule has 1 saturated heterocycles. The van der Waals surface area contributed by atoms with Crippen LogP contribution in [0.15, 0.2) is 18.2 Å². The van der Waals surface area contributed by atoms with Crippen LogP contribution in [0.5, 0.6) is 0 Å². The first-order valence-electron chi connectivity index (χ1n) is 10.5. The van der Waals surface area contributed by atoms with Gasteiger partial charge in [0.05, 0.1) is 16.8 Å². The van der Waals surface area contributed by atoms with Gasteiger partial charge in [-0.2, -0.15) is 0 Å². The van der Waals surface area contributed by atoms with Gasteiger partial charge in [0, 0.05) is 19.3 Å². The smallest absolute Gasteiger partial charge is 0.264 e. The number of carbonyl (C=O) groups is 5. The Bertz CT molecular complexity index is 1100. The van der Waals surface area contributed by atoms with Crippen molar-refractivity contribution < 1.29 is 24.0 Å². The minimum absolute atomic E-state index is 0.0466. The number of nitrogens with zero attached hydrogens (tertiary/aromatic N) is 1. The van der Waals surface area contributed by atoms with E-state index in [1.165, 1.54) is 6.07 Å². The first-order chi connectivity index (χ1) is 15.4. The van der Waals surface area contributed by atoms with E-state index < -0.39 is 29.7 Å². The number of piperidine rings is 1. The standard InChI is InChI=1S/C24H23N3O5/c1-2-3-4-5-6-7-8-9-13-19(28)25-17-12-10-11-16-21(17)24(32)27(23(16)31)18-14-15-20(29)26-22(18)30/h10-12,18H,6-9,13-15H2,1H3,(H,25,28)(H,26,29,30). The number of amides is 5. The van der Waals surface area contributed by atoms with Crippen molar-refractivity contribution in [2.75, 3.05) is 5.32 Å². The lowest BCUT2D eigenvalue weighted by atomic mass is 10.0. The number of benzene rings is 1. The van der Waals surface area contributed by atoms with E-state index in [1.54, 1.807) is 19.1 Å². The maximum atomic E-state index is 13.0. The van der Waals surface area contributed by atoms with Crippen molar-refractivity contribution in [3.8, 4) is 23.7 Å². The van der Waals surface area contributed by atoms with Crippen LogP contribution in [0, 0.1) is 23.7 Å². The average Bonchev–Trinajstić information content (AvgIpc) is 3.01. The number of hydrogen-bond donors (Lipinski definition) is 2. The van der Waals surface area contributed by atoms with Crippen LogP contribution < -0.4 is 10.6 Å². The minimum atomic E-state index is -1.05. The Kier molecular flexibility index (Phi) is 7.41. The summed E-state index contributed by atoms with van der Waals surface area (Å²) in [6.45, 7) is 1.73. The quantitative estimate of drug-likeness (QED) is 0.388. The highest BCUT2D eigenvalue weighted by molar-refractivity contribution is 6.26. The molecule has 0 aliphatic carbocycles. The van der Waals surface area contributed by atoms with Crippen LogP contribution >= 0.6 is 0 Å². The van der Waals surface area contributed by atoms with E-state index >= 15 is 0 Å². The predicted molar refractivity (Wildman–Crippen MR) is 116 cm³/mol. The molecule has 2 aliphatic rings. The molecule has 8 heteroatoms. The molecule has 2 aliphatic heterocycles. The molecule has 0 bridgehead atoms. The van der Waals surface area contributed by atoms with Crippen LogP contribution in [-0.2, 0) is 14.4 Å². The zero-order valence-electron chi connectivity index (χ0n) is 17.7. The largest absolute Gasteiger partial charge is 0.325 e. The highest BCUT2D eigenvalue weighted by atomic mass is 16.2. The van der Waals surface area contributed by atoms with Crippen molar-refractivity contribution in [1.82, 2.24) is 10.2 Å². The van der Waals surface area contributed by atoms with Crippen molar-refractivity contribution in [3.63, 3.8) is 0 Å². The SMILES string of the molecule is CC#CC#CCCCCCC(=O)Nc1cccc2c1C(=O)N(C1CCC(=O)NC1=O)C2=O. The molecule has 2 heterocycles. The summed E-state index contributed by atoms with van der Waals surface area (Å²) < 4.78 is 0. The molecule has 1 aromatic carbocycles. The summed E-state index contributed by atoms with van der Waals surface area (Å²) in [4.78, 5) is 62.7. The highest BCUT2D eigenvalue weighted by Gasteiger charge is 2.45. The number of imide groups is 2. The Morgan fingerprint density at radius 2 is 1.94 bits per heavy atom. The zero-order chi connectivity index (χ0) is 23.1. The third-order valence-electron chi connectivity index (χ3n) is 5.22. The van der Waals surface area contributed by atoms with Gasteiger partial charge in [0.25, 0.3) is 11.8 Å². The third-order valence-corrected chi connectivity index (χ3v) is 5.22. The fourth-order valence-corrected chi connectivity index (χ4v) is 3.68. The van der Waals surface area contributed by atoms with Crippen LogP contribution in [0.2, 0.25) is 0 Å². The molecule has 1 unspecified atom stereocenters. The van der Waals surface area contributed by atoms with E-state index in [-0.39, 0.29) is 42.0 Å². The van der Waals surface area contributed by atoms with Gasteiger partial charge in [0.1, 0.15) is 6.04 Å². The number of fused-ring (bicyclic) bond motifs is 1. The summed E-state index contributed by atoms with van der Waals surface area (Å²) in [6, 6.07) is 3.57. The van der Waals surface area contributed by atoms with E-state index in [4.69, 9.17) is 0 Å². The molecule has 1 fully saturated rings. The molecule has 32 heavy (non-hydrogen) atoms. The second kappa shape index (κ2) is 10.4. The van der Waals surface area contributed by atoms with Gasteiger partial charge < -0.3 is 5.32 Å². The first-order valence-corrected chi connectivity index (χ1v) is 10.5. The number of rotatable bonds is 7. The molecule has 3 rings (SSSR count). The molecule has 8 nitrogen and oxygen atoms in total. The summed E-state index contributed by atoms with van der Waals surface area (Å²) in [5, 5.41) is 4.87. The second-order valence-corrected chi connectivity index (χ2v) is 7.46. The molecule has 1 aromatic rings. The molecule has 1 atom stereocenters. The molecule has 5 amide bonds. The normalized spacial score (nSPS) is 17.0. The van der Waals surface area contributed by atoms with Crippen LogP contribution in [-0.4, -0.2) is 40.5 Å². The Morgan fingerprint density at radius 3 is 2.69 bits per heavy atom. The second-order valence-electron chi connectivity index (χ2n) is 7.46. The van der Waals surface area contributed by atoms with Crippen molar-refractivity contribution >= 4 is 35.2 Å². The number of hydrogen-bond acceptors (Lipinski definition) is 5. The van der Waals surface area contributed by atoms with Gasteiger partial charge >= 0.3 is 0 Å². The van der Waals surface area contributed by atoms with Crippen molar-refractivity contribution in [2.24, 2.45) is 0 Å². The van der Waals surface area contributed by atoms with Gasteiger partial charge in [-0.3, -0.25) is 34.2 Å². The topological polar surface area (TPSA) is 113 Å². The van der Waals surface area contributed by atoms with E-state index in [0.29, 0.717) is 6.42 Å². The van der Waals surface area contributed by atoms with Gasteiger partial charge in [-0.05, 0) is 50.2 Å². The molecule has 164 valence electrons. The van der Waals surface area contributed by atoms with Gasteiger partial charge in [-0.15, -0.1) is 0 Å². The third kappa shape index (κ3) is 5.04. The van der Waals surface area contributed by atoms with Crippen molar-refractivity contribution in [1.29, 1.82) is 0 Å². The summed E-state index contributed by atoms with van der Waals surface area (Å²) in [5.41, 5.74) is 0.443. The summed E-state index contributed by atoms with van der Waals surface area (Å²) in [6.07, 6.45) is 3.46. The zero-order valence-corrected chi connectivity index (χ0v) is 17.7. The average molecular weight is 433 g/mol. The Morgan fingerprint density at radius 1 is 1.12 bits per heavy atom. The Balaban J connectivity index is 1.61. The van der Waals surface area contributed by atoms with Crippen LogP contribution in [0.25, 0.3) is 0 Å². The minimum Gasteiger partial charge on any atom is -0.325 e. The highest BCUT2D eigenvalue weighted by Crippen LogP contribution is 2.32. The van der Waals surface area contributed by atoms with Crippen LogP contribution in [0.1, 0.15) is 72.6 Å². The molecule has 0 radical (unpaired) electrons. The lowest BCUT2D eigenvalue weighted by molar-refractivity contribution is -0.136. The van der Waals surface area contributed by atoms with E-state index in [0.717, 1.165) is 24.2 Å². The fourth-order valence-electron chi connectivity index (χ4n) is 3.68. The van der Waals surface area contributed by atoms with Crippen molar-refractivity contribution in [3.05, 3.63) is 29.3 Å². The lowest BCUT2D eigenvalue weighted by Gasteiger charge is -2.27. The number of anilines is 1. The summed E-state index contributed by atoms with van der Waals surface area (Å²) in [5.74, 6) is 8.42. The van der Waals surface area contributed by atoms with Gasteiger partial charge in [-0.25, -0.2) is 0 Å². The molecule has 0 aromatic heterocycles. The van der Waals surface area contributed by atoms with Crippen molar-refractivity contribution in [2.45, 2.75) is 57.9 Å². The predicted octanol–water partition coefficient (Wildman–Crippen LogP) is 2.00. The van der Waals surface area contributed by atoms with Gasteiger partial charge in [0.2, 0.25) is 17.7 Å².